The molecule has 3 aromatic heterocycles. The number of thioether (sulfide) groups is 1. The van der Waals surface area contributed by atoms with Gasteiger partial charge < -0.3 is 9.73 Å². The van der Waals surface area contributed by atoms with E-state index in [1.807, 2.05) is 17.6 Å². The molecule has 1 saturated carbocycles. The van der Waals surface area contributed by atoms with Gasteiger partial charge in [-0.1, -0.05) is 11.8 Å². The fourth-order valence-electron chi connectivity index (χ4n) is 4.41. The van der Waals surface area contributed by atoms with Crippen molar-refractivity contribution in [2.24, 2.45) is 11.8 Å². The lowest BCUT2D eigenvalue weighted by atomic mass is 9.92. The predicted molar refractivity (Wildman–Crippen MR) is 110 cm³/mol. The van der Waals surface area contributed by atoms with Crippen LogP contribution in [0.2, 0.25) is 0 Å². The number of thiazole rings is 1. The van der Waals surface area contributed by atoms with E-state index in [0.717, 1.165) is 35.6 Å². The van der Waals surface area contributed by atoms with Crippen LogP contribution in [0.3, 0.4) is 0 Å². The highest BCUT2D eigenvalue weighted by Crippen LogP contribution is 2.37. The summed E-state index contributed by atoms with van der Waals surface area (Å²) < 4.78 is 5.76. The summed E-state index contributed by atoms with van der Waals surface area (Å²) >= 11 is 3.20. The monoisotopic (exact) mass is 430 g/mol. The first-order chi connectivity index (χ1) is 14.2. The van der Waals surface area contributed by atoms with Gasteiger partial charge in [0, 0.05) is 30.7 Å². The first kappa shape index (κ1) is 18.8. The molecule has 1 amide bonds. The Labute approximate surface area is 176 Å². The lowest BCUT2D eigenvalue weighted by molar-refractivity contribution is 0.0798. The van der Waals surface area contributed by atoms with Gasteiger partial charge in [-0.05, 0) is 36.8 Å². The lowest BCUT2D eigenvalue weighted by Gasteiger charge is -2.37. The summed E-state index contributed by atoms with van der Waals surface area (Å²) in [6, 6.07) is 3.83. The number of carbonyl (C=O) groups is 1. The van der Waals surface area contributed by atoms with E-state index in [0.29, 0.717) is 23.3 Å². The molecule has 1 aliphatic heterocycles. The number of amides is 1. The number of aromatic nitrogens is 4. The van der Waals surface area contributed by atoms with Gasteiger partial charge in [0.05, 0.1) is 12.3 Å². The number of furan rings is 1. The molecular weight excluding hydrogens is 408 g/mol. The highest BCUT2D eigenvalue weighted by atomic mass is 32.2. The summed E-state index contributed by atoms with van der Waals surface area (Å²) in [4.78, 5) is 23.7. The third-order valence-electron chi connectivity index (χ3n) is 5.68. The molecule has 0 aromatic carbocycles. The molecule has 4 heterocycles. The Morgan fingerprint density at radius 2 is 2.17 bits per heavy atom. The van der Waals surface area contributed by atoms with Gasteiger partial charge in [-0.25, -0.2) is 9.97 Å². The van der Waals surface area contributed by atoms with Crippen molar-refractivity contribution in [2.45, 2.75) is 36.3 Å². The molecule has 1 unspecified atom stereocenters. The van der Waals surface area contributed by atoms with E-state index in [1.165, 1.54) is 30.9 Å². The van der Waals surface area contributed by atoms with Gasteiger partial charge in [0.2, 0.25) is 0 Å². The molecule has 152 valence electrons. The average molecular weight is 431 g/mol. The van der Waals surface area contributed by atoms with E-state index in [1.54, 1.807) is 17.4 Å². The smallest absolute Gasteiger partial charge is 0.287 e. The molecule has 3 aromatic rings. The van der Waals surface area contributed by atoms with Crippen molar-refractivity contribution < 1.29 is 9.21 Å². The van der Waals surface area contributed by atoms with Crippen molar-refractivity contribution in [2.75, 3.05) is 13.1 Å². The van der Waals surface area contributed by atoms with Crippen LogP contribution in [0.4, 0.5) is 0 Å². The molecule has 0 radical (unpaired) electrons. The molecule has 5 rings (SSSR count). The van der Waals surface area contributed by atoms with Gasteiger partial charge in [0.1, 0.15) is 17.1 Å². The Kier molecular flexibility index (Phi) is 5.38. The van der Waals surface area contributed by atoms with E-state index >= 15 is 0 Å². The summed E-state index contributed by atoms with van der Waals surface area (Å²) in [5, 5.41) is 13.8. The Hall–Kier alpha value is -2.17. The van der Waals surface area contributed by atoms with Gasteiger partial charge in [0.15, 0.2) is 10.9 Å². The minimum Gasteiger partial charge on any atom is -0.455 e. The SMILES string of the molecule is O=C(NC1[C@@H]2CC[C@H]1CN(Cc1nccs1)C2)c1ccc(CSc2ncn[nH]2)o1. The number of rotatable bonds is 7. The predicted octanol–water partition coefficient (Wildman–Crippen LogP) is 2.79. The standard InChI is InChI=1S/C19H22N6O2S2/c26-18(15-4-3-14(27-15)10-29-19-21-11-22-24-19)23-17-12-1-2-13(17)8-25(7-12)9-16-20-5-6-28-16/h3-6,11-13,17H,1-2,7-10H2,(H,23,26)(H,21,22,24)/t12-,13+,17?. The quantitative estimate of drug-likeness (QED) is 0.556. The topological polar surface area (TPSA) is 99.9 Å². The third kappa shape index (κ3) is 4.24. The minimum atomic E-state index is -0.115. The van der Waals surface area contributed by atoms with Crippen molar-refractivity contribution >= 4 is 29.0 Å². The maximum Gasteiger partial charge on any atom is 0.287 e. The number of hydrogen-bond acceptors (Lipinski definition) is 8. The molecule has 1 aliphatic carbocycles. The summed E-state index contributed by atoms with van der Waals surface area (Å²) in [5.74, 6) is 2.60. The molecule has 2 fully saturated rings. The van der Waals surface area contributed by atoms with Crippen molar-refractivity contribution in [1.82, 2.24) is 30.4 Å². The number of hydrogen-bond donors (Lipinski definition) is 2. The zero-order valence-corrected chi connectivity index (χ0v) is 17.4. The Morgan fingerprint density at radius 1 is 1.31 bits per heavy atom. The molecule has 2 bridgehead atoms. The van der Waals surface area contributed by atoms with Crippen LogP contribution < -0.4 is 5.32 Å². The van der Waals surface area contributed by atoms with Gasteiger partial charge in [-0.2, -0.15) is 5.10 Å². The zero-order chi connectivity index (χ0) is 19.6. The van der Waals surface area contributed by atoms with Crippen molar-refractivity contribution in [3.8, 4) is 0 Å². The second kappa shape index (κ2) is 8.29. The molecule has 10 heteroatoms. The fourth-order valence-corrected chi connectivity index (χ4v) is 5.74. The third-order valence-corrected chi connectivity index (χ3v) is 7.34. The number of likely N-dealkylation sites (tertiary alicyclic amines) is 1. The number of piperidine rings is 1. The number of fused-ring (bicyclic) bond motifs is 2. The van der Waals surface area contributed by atoms with Gasteiger partial charge >= 0.3 is 0 Å². The summed E-state index contributed by atoms with van der Waals surface area (Å²) in [5.41, 5.74) is 0. The molecule has 1 saturated heterocycles. The molecule has 3 atom stereocenters. The second-order valence-corrected chi connectivity index (χ2v) is 9.51. The highest BCUT2D eigenvalue weighted by molar-refractivity contribution is 7.98. The van der Waals surface area contributed by atoms with Crippen LogP contribution in [0, 0.1) is 11.8 Å². The van der Waals surface area contributed by atoms with Crippen molar-refractivity contribution in [1.29, 1.82) is 0 Å². The van der Waals surface area contributed by atoms with Gasteiger partial charge in [0.25, 0.3) is 5.91 Å². The van der Waals surface area contributed by atoms with E-state index in [2.05, 4.69) is 30.4 Å². The average Bonchev–Trinajstić information content (AvgIpc) is 3.50. The Bertz CT molecular complexity index is 928. The maximum absolute atomic E-state index is 12.8. The Balaban J connectivity index is 1.16. The van der Waals surface area contributed by atoms with Crippen LogP contribution in [-0.4, -0.2) is 50.1 Å². The number of carbonyl (C=O) groups excluding carboxylic acids is 1. The maximum atomic E-state index is 12.8. The summed E-state index contributed by atoms with van der Waals surface area (Å²) in [7, 11) is 0. The van der Waals surface area contributed by atoms with E-state index in [9.17, 15) is 4.79 Å². The molecule has 8 nitrogen and oxygen atoms in total. The lowest BCUT2D eigenvalue weighted by Crippen LogP contribution is -2.52. The van der Waals surface area contributed by atoms with E-state index < -0.39 is 0 Å². The summed E-state index contributed by atoms with van der Waals surface area (Å²) in [6.45, 7) is 2.94. The fraction of sp³-hybridized carbons (Fsp3) is 0.474. The molecule has 29 heavy (non-hydrogen) atoms. The number of nitrogens with zero attached hydrogens (tertiary/aromatic N) is 4. The van der Waals surface area contributed by atoms with Crippen molar-refractivity contribution in [3.63, 3.8) is 0 Å². The number of H-pyrrole nitrogens is 1. The van der Waals surface area contributed by atoms with Crippen LogP contribution in [0.1, 0.15) is 34.2 Å². The minimum absolute atomic E-state index is 0.115. The molecule has 0 spiro atoms. The largest absolute Gasteiger partial charge is 0.455 e. The first-order valence-corrected chi connectivity index (χ1v) is 11.6. The van der Waals surface area contributed by atoms with Crippen LogP contribution in [0.5, 0.6) is 0 Å². The zero-order valence-electron chi connectivity index (χ0n) is 15.8. The normalized spacial score (nSPS) is 24.1. The summed E-state index contributed by atoms with van der Waals surface area (Å²) in [6.07, 6.45) is 5.67. The number of nitrogens with one attached hydrogen (secondary N) is 2. The van der Waals surface area contributed by atoms with Crippen LogP contribution in [0.15, 0.2) is 39.6 Å². The van der Waals surface area contributed by atoms with Crippen LogP contribution in [-0.2, 0) is 12.3 Å². The molecule has 2 aliphatic rings. The second-order valence-electron chi connectivity index (χ2n) is 7.56. The molecular formula is C19H22N6O2S2. The van der Waals surface area contributed by atoms with E-state index in [-0.39, 0.29) is 11.9 Å². The molecule has 2 N–H and O–H groups in total. The van der Waals surface area contributed by atoms with E-state index in [4.69, 9.17) is 4.42 Å². The van der Waals surface area contributed by atoms with Crippen molar-refractivity contribution in [3.05, 3.63) is 46.6 Å². The van der Waals surface area contributed by atoms with Gasteiger partial charge in [-0.3, -0.25) is 14.8 Å². The van der Waals surface area contributed by atoms with Gasteiger partial charge in [-0.15, -0.1) is 11.3 Å². The van der Waals surface area contributed by atoms with Crippen LogP contribution in [0.25, 0.3) is 0 Å². The number of aromatic amines is 1. The van der Waals surface area contributed by atoms with Crippen LogP contribution >= 0.6 is 23.1 Å². The Morgan fingerprint density at radius 3 is 2.90 bits per heavy atom. The first-order valence-electron chi connectivity index (χ1n) is 9.73. The highest BCUT2D eigenvalue weighted by Gasteiger charge is 2.43.